The molecule has 1 fully saturated rings. The van der Waals surface area contributed by atoms with Gasteiger partial charge in [0.05, 0.1) is 11.7 Å². The minimum atomic E-state index is -0.184. The number of hydrogen-bond acceptors (Lipinski definition) is 4. The van der Waals surface area contributed by atoms with Gasteiger partial charge in [-0.15, -0.1) is 0 Å². The highest BCUT2D eigenvalue weighted by atomic mass is 32.1. The third-order valence-electron chi connectivity index (χ3n) is 5.44. The minimum Gasteiger partial charge on any atom is -0.508 e. The number of hydrogen-bond donors (Lipinski definition) is 3. The van der Waals surface area contributed by atoms with E-state index in [-0.39, 0.29) is 23.6 Å². The van der Waals surface area contributed by atoms with Gasteiger partial charge in [-0.05, 0) is 85.0 Å². The minimum absolute atomic E-state index is 0.173. The molecule has 2 atom stereocenters. The number of pyridine rings is 1. The van der Waals surface area contributed by atoms with E-state index in [4.69, 9.17) is 12.2 Å². The summed E-state index contributed by atoms with van der Waals surface area (Å²) in [6.45, 7) is 0. The SMILES string of the molecule is Oc1ccc(N2C(=S)N[C@@H](c3ccccn3)[C@@H]2c2cccn2-c2ccc(O)cc2)cc1. The number of rotatable bonds is 4. The summed E-state index contributed by atoms with van der Waals surface area (Å²) in [7, 11) is 0. The van der Waals surface area contributed by atoms with Gasteiger partial charge in [0.15, 0.2) is 5.11 Å². The van der Waals surface area contributed by atoms with Crippen LogP contribution in [-0.4, -0.2) is 24.9 Å². The monoisotopic (exact) mass is 428 g/mol. The van der Waals surface area contributed by atoms with E-state index in [0.29, 0.717) is 5.11 Å². The van der Waals surface area contributed by atoms with Gasteiger partial charge in [-0.25, -0.2) is 0 Å². The van der Waals surface area contributed by atoms with Gasteiger partial charge in [0, 0.05) is 29.5 Å². The second-order valence-corrected chi connectivity index (χ2v) is 7.72. The van der Waals surface area contributed by atoms with Crippen LogP contribution >= 0.6 is 12.2 Å². The first-order valence-corrected chi connectivity index (χ1v) is 10.3. The number of nitrogens with zero attached hydrogens (tertiary/aromatic N) is 3. The fourth-order valence-electron chi connectivity index (χ4n) is 4.03. The van der Waals surface area contributed by atoms with Crippen molar-refractivity contribution < 1.29 is 10.2 Å². The first-order valence-electron chi connectivity index (χ1n) is 9.88. The average molecular weight is 429 g/mol. The van der Waals surface area contributed by atoms with Crippen LogP contribution in [0.1, 0.15) is 23.5 Å². The molecule has 0 spiro atoms. The van der Waals surface area contributed by atoms with Crippen LogP contribution in [0.2, 0.25) is 0 Å². The van der Waals surface area contributed by atoms with Crippen molar-refractivity contribution in [3.05, 3.63) is 103 Å². The van der Waals surface area contributed by atoms with Gasteiger partial charge in [0.25, 0.3) is 0 Å². The van der Waals surface area contributed by atoms with Gasteiger partial charge < -0.3 is 25.0 Å². The molecule has 6 nitrogen and oxygen atoms in total. The van der Waals surface area contributed by atoms with Gasteiger partial charge >= 0.3 is 0 Å². The predicted molar refractivity (Wildman–Crippen MR) is 123 cm³/mol. The van der Waals surface area contributed by atoms with E-state index in [9.17, 15) is 10.2 Å². The number of phenolic OH excluding ortho intramolecular Hbond substituents is 2. The van der Waals surface area contributed by atoms with Crippen LogP contribution in [-0.2, 0) is 0 Å². The number of thiocarbonyl (C=S) groups is 1. The van der Waals surface area contributed by atoms with E-state index in [1.54, 1.807) is 30.5 Å². The van der Waals surface area contributed by atoms with Crippen LogP contribution in [0.15, 0.2) is 91.3 Å². The highest BCUT2D eigenvalue weighted by molar-refractivity contribution is 7.80. The molecule has 3 heterocycles. The molecule has 1 aliphatic rings. The van der Waals surface area contributed by atoms with Gasteiger partial charge in [0.1, 0.15) is 17.5 Å². The van der Waals surface area contributed by atoms with Crippen molar-refractivity contribution in [2.75, 3.05) is 4.90 Å². The van der Waals surface area contributed by atoms with Crippen molar-refractivity contribution in [1.82, 2.24) is 14.9 Å². The van der Waals surface area contributed by atoms with Crippen molar-refractivity contribution in [3.63, 3.8) is 0 Å². The van der Waals surface area contributed by atoms with Crippen molar-refractivity contribution in [1.29, 1.82) is 0 Å². The van der Waals surface area contributed by atoms with Crippen LogP contribution in [0.3, 0.4) is 0 Å². The van der Waals surface area contributed by atoms with E-state index >= 15 is 0 Å². The Balaban J connectivity index is 1.66. The molecule has 0 unspecified atom stereocenters. The van der Waals surface area contributed by atoms with Crippen LogP contribution in [0.4, 0.5) is 5.69 Å². The molecule has 0 bridgehead atoms. The number of nitrogens with one attached hydrogen (secondary N) is 1. The smallest absolute Gasteiger partial charge is 0.174 e. The van der Waals surface area contributed by atoms with E-state index in [0.717, 1.165) is 22.8 Å². The summed E-state index contributed by atoms with van der Waals surface area (Å²) >= 11 is 5.74. The summed E-state index contributed by atoms with van der Waals surface area (Å²) in [5.41, 5.74) is 3.70. The van der Waals surface area contributed by atoms with Gasteiger partial charge in [-0.2, -0.15) is 0 Å². The Morgan fingerprint density at radius 1 is 0.806 bits per heavy atom. The molecule has 2 aromatic carbocycles. The normalized spacial score (nSPS) is 18.2. The largest absolute Gasteiger partial charge is 0.508 e. The molecule has 0 saturated carbocycles. The lowest BCUT2D eigenvalue weighted by atomic mass is 10.0. The van der Waals surface area contributed by atoms with Gasteiger partial charge in [-0.3, -0.25) is 4.98 Å². The molecule has 2 aromatic heterocycles. The van der Waals surface area contributed by atoms with E-state index in [1.165, 1.54) is 0 Å². The molecule has 4 aromatic rings. The summed E-state index contributed by atoms with van der Waals surface area (Å²) in [4.78, 5) is 6.64. The maximum Gasteiger partial charge on any atom is 0.174 e. The standard InChI is InChI=1S/C24H20N4O2S/c29-18-10-6-16(7-11-18)27-15-3-5-21(27)23-22(20-4-1-2-14-25-20)26-24(31)28(23)17-8-12-19(30)13-9-17/h1-15,22-23,29-30H,(H,26,31)/t22-,23-/m0/s1. The highest BCUT2D eigenvalue weighted by Gasteiger charge is 2.42. The number of benzene rings is 2. The molecule has 1 saturated heterocycles. The lowest BCUT2D eigenvalue weighted by molar-refractivity contribution is 0.474. The third-order valence-corrected chi connectivity index (χ3v) is 5.75. The van der Waals surface area contributed by atoms with Gasteiger partial charge in [-0.1, -0.05) is 6.07 Å². The maximum atomic E-state index is 9.76. The molecule has 1 aliphatic heterocycles. The van der Waals surface area contributed by atoms with E-state index in [2.05, 4.69) is 25.8 Å². The second kappa shape index (κ2) is 7.77. The van der Waals surface area contributed by atoms with Crippen LogP contribution in [0, 0.1) is 0 Å². The molecule has 0 radical (unpaired) electrons. The summed E-state index contributed by atoms with van der Waals surface area (Å²) in [6.07, 6.45) is 3.77. The van der Waals surface area contributed by atoms with Crippen molar-refractivity contribution in [2.24, 2.45) is 0 Å². The Morgan fingerprint density at radius 3 is 2.13 bits per heavy atom. The van der Waals surface area contributed by atoms with Gasteiger partial charge in [0.2, 0.25) is 0 Å². The molecule has 31 heavy (non-hydrogen) atoms. The lowest BCUT2D eigenvalue weighted by Gasteiger charge is -2.29. The summed E-state index contributed by atoms with van der Waals surface area (Å²) in [5, 5.41) is 23.5. The Morgan fingerprint density at radius 2 is 1.48 bits per heavy atom. The molecule has 0 amide bonds. The van der Waals surface area contributed by atoms with Crippen LogP contribution in [0.5, 0.6) is 11.5 Å². The molecular weight excluding hydrogens is 408 g/mol. The summed E-state index contributed by atoms with van der Waals surface area (Å²) in [5.74, 6) is 0.422. The Labute approximate surface area is 185 Å². The number of aromatic nitrogens is 2. The number of aromatic hydroxyl groups is 2. The fourth-order valence-corrected chi connectivity index (χ4v) is 4.38. The third kappa shape index (κ3) is 3.49. The second-order valence-electron chi connectivity index (χ2n) is 7.33. The zero-order valence-electron chi connectivity index (χ0n) is 16.5. The highest BCUT2D eigenvalue weighted by Crippen LogP contribution is 2.42. The summed E-state index contributed by atoms with van der Waals surface area (Å²) < 4.78 is 2.09. The van der Waals surface area contributed by atoms with E-state index in [1.807, 2.05) is 54.7 Å². The Hall–Kier alpha value is -3.84. The topological polar surface area (TPSA) is 73.5 Å². The molecule has 154 valence electrons. The van der Waals surface area contributed by atoms with Crippen LogP contribution in [0.25, 0.3) is 5.69 Å². The first-order chi connectivity index (χ1) is 15.1. The van der Waals surface area contributed by atoms with Crippen LogP contribution < -0.4 is 10.2 Å². The predicted octanol–water partition coefficient (Wildman–Crippen LogP) is 4.46. The van der Waals surface area contributed by atoms with Crippen molar-refractivity contribution in [2.45, 2.75) is 12.1 Å². The van der Waals surface area contributed by atoms with E-state index < -0.39 is 0 Å². The van der Waals surface area contributed by atoms with Crippen molar-refractivity contribution in [3.8, 4) is 17.2 Å². The fraction of sp³-hybridized carbons (Fsp3) is 0.0833. The average Bonchev–Trinajstić information content (AvgIpc) is 3.40. The number of phenols is 2. The quantitative estimate of drug-likeness (QED) is 0.417. The zero-order chi connectivity index (χ0) is 21.4. The molecular formula is C24H20N4O2S. The number of anilines is 1. The lowest BCUT2D eigenvalue weighted by Crippen LogP contribution is -2.30. The summed E-state index contributed by atoms with van der Waals surface area (Å²) in [6, 6.07) is 23.7. The first kappa shape index (κ1) is 19.1. The molecule has 5 rings (SSSR count). The molecule has 7 heteroatoms. The molecule has 3 N–H and O–H groups in total. The maximum absolute atomic E-state index is 9.76. The van der Waals surface area contributed by atoms with Crippen molar-refractivity contribution >= 4 is 23.0 Å². The molecule has 0 aliphatic carbocycles. The Bertz CT molecular complexity index is 1210. The Kier molecular flexibility index (Phi) is 4.80. The zero-order valence-corrected chi connectivity index (χ0v) is 17.3.